The quantitative estimate of drug-likeness (QED) is 0.779. The van der Waals surface area contributed by atoms with E-state index in [1.807, 2.05) is 26.0 Å². The number of amides is 2. The van der Waals surface area contributed by atoms with Gasteiger partial charge in [-0.2, -0.15) is 0 Å². The van der Waals surface area contributed by atoms with Crippen molar-refractivity contribution in [3.8, 4) is 0 Å². The highest BCUT2D eigenvalue weighted by Gasteiger charge is 2.37. The molecule has 29 heavy (non-hydrogen) atoms. The first-order valence-electron chi connectivity index (χ1n) is 10.0. The van der Waals surface area contributed by atoms with Crippen LogP contribution in [-0.2, 0) is 30.5 Å². The fraction of sp³-hybridized carbons (Fsp3) is 0.391. The lowest BCUT2D eigenvalue weighted by molar-refractivity contribution is -0.116. The van der Waals surface area contributed by atoms with Gasteiger partial charge in [-0.15, -0.1) is 0 Å². The molecule has 2 aromatic carbocycles. The van der Waals surface area contributed by atoms with Gasteiger partial charge in [0.05, 0.1) is 0 Å². The number of hydrogen-bond acceptors (Lipinski definition) is 2. The van der Waals surface area contributed by atoms with Crippen LogP contribution in [0.3, 0.4) is 0 Å². The van der Waals surface area contributed by atoms with E-state index in [2.05, 4.69) is 10.6 Å². The van der Waals surface area contributed by atoms with Crippen LogP contribution in [-0.4, -0.2) is 17.7 Å². The van der Waals surface area contributed by atoms with E-state index in [4.69, 9.17) is 0 Å². The van der Waals surface area contributed by atoms with Gasteiger partial charge in [-0.05, 0) is 72.2 Å². The second kappa shape index (κ2) is 7.25. The number of nitrogens with one attached hydrogen (secondary N) is 2. The zero-order valence-electron chi connectivity index (χ0n) is 16.6. The fourth-order valence-electron chi connectivity index (χ4n) is 4.41. The van der Waals surface area contributed by atoms with E-state index in [9.17, 15) is 18.4 Å². The number of aryl methyl sites for hydroxylation is 3. The molecule has 4 nitrogen and oxygen atoms in total. The third-order valence-electron chi connectivity index (χ3n) is 5.89. The molecule has 2 N–H and O–H groups in total. The maximum absolute atomic E-state index is 14.1. The number of fused-ring (bicyclic) bond motifs is 2. The van der Waals surface area contributed by atoms with E-state index in [-0.39, 0.29) is 18.2 Å². The van der Waals surface area contributed by atoms with Gasteiger partial charge in [0.25, 0.3) is 11.8 Å². The van der Waals surface area contributed by atoms with Crippen LogP contribution in [0.15, 0.2) is 24.3 Å². The van der Waals surface area contributed by atoms with Crippen molar-refractivity contribution in [3.05, 3.63) is 57.6 Å². The van der Waals surface area contributed by atoms with Crippen molar-refractivity contribution < 1.29 is 18.4 Å². The Hall–Kier alpha value is -2.76. The van der Waals surface area contributed by atoms with Crippen molar-refractivity contribution in [2.45, 2.75) is 58.3 Å². The minimum absolute atomic E-state index is 0.0130. The summed E-state index contributed by atoms with van der Waals surface area (Å²) in [5.74, 6) is -3.17. The summed E-state index contributed by atoms with van der Waals surface area (Å²) in [4.78, 5) is 24.6. The topological polar surface area (TPSA) is 58.2 Å². The summed E-state index contributed by atoms with van der Waals surface area (Å²) in [5, 5.41) is 5.75. The molecule has 0 bridgehead atoms. The van der Waals surface area contributed by atoms with E-state index in [0.717, 1.165) is 34.4 Å². The van der Waals surface area contributed by atoms with E-state index in [0.29, 0.717) is 36.1 Å². The Labute approximate surface area is 168 Å². The monoisotopic (exact) mass is 398 g/mol. The van der Waals surface area contributed by atoms with E-state index >= 15 is 0 Å². The van der Waals surface area contributed by atoms with Crippen LogP contribution in [0.1, 0.15) is 57.9 Å². The van der Waals surface area contributed by atoms with Crippen LogP contribution in [0.2, 0.25) is 0 Å². The van der Waals surface area contributed by atoms with E-state index in [1.165, 1.54) is 0 Å². The molecule has 0 aromatic heterocycles. The lowest BCUT2D eigenvalue weighted by Gasteiger charge is -2.28. The Balaban J connectivity index is 1.66. The summed E-state index contributed by atoms with van der Waals surface area (Å²) in [6, 6.07) is 7.19. The number of carbonyl (C=O) groups is 2. The number of halogens is 2. The Morgan fingerprint density at radius 2 is 1.97 bits per heavy atom. The molecule has 1 aliphatic heterocycles. The van der Waals surface area contributed by atoms with Gasteiger partial charge in [0, 0.05) is 36.2 Å². The van der Waals surface area contributed by atoms with Crippen molar-refractivity contribution in [1.29, 1.82) is 0 Å². The van der Waals surface area contributed by atoms with Gasteiger partial charge in [0.15, 0.2) is 0 Å². The van der Waals surface area contributed by atoms with Crippen molar-refractivity contribution >= 4 is 23.2 Å². The Morgan fingerprint density at radius 3 is 2.72 bits per heavy atom. The maximum atomic E-state index is 14.1. The molecular formula is C23H24F2N2O2. The molecule has 0 saturated carbocycles. The van der Waals surface area contributed by atoms with Gasteiger partial charge < -0.3 is 10.6 Å². The maximum Gasteiger partial charge on any atom is 0.255 e. The number of benzene rings is 2. The molecule has 0 radical (unpaired) electrons. The van der Waals surface area contributed by atoms with Crippen molar-refractivity contribution in [1.82, 2.24) is 0 Å². The summed E-state index contributed by atoms with van der Waals surface area (Å²) in [6.45, 7) is 3.87. The number of carbonyl (C=O) groups excluding carboxylic acids is 2. The average Bonchev–Trinajstić information content (AvgIpc) is 2.66. The SMILES string of the molecule is CCc1ccc(C(=O)Nc2cc(C)c3c(c2)CCC(=O)N3)c2c1CCC(F)(F)C2. The summed E-state index contributed by atoms with van der Waals surface area (Å²) < 4.78 is 28.2. The Kier molecular flexibility index (Phi) is 4.89. The molecule has 2 aliphatic rings. The first-order valence-corrected chi connectivity index (χ1v) is 10.0. The molecule has 0 atom stereocenters. The molecule has 152 valence electrons. The predicted octanol–water partition coefficient (Wildman–Crippen LogP) is 4.82. The molecule has 1 heterocycles. The van der Waals surface area contributed by atoms with Gasteiger partial charge in [0.1, 0.15) is 0 Å². The molecule has 1 aliphatic carbocycles. The molecule has 0 spiro atoms. The normalized spacial score (nSPS) is 17.2. The van der Waals surface area contributed by atoms with Crippen LogP contribution in [0.25, 0.3) is 0 Å². The smallest absolute Gasteiger partial charge is 0.255 e. The van der Waals surface area contributed by atoms with Gasteiger partial charge >= 0.3 is 0 Å². The standard InChI is InChI=1S/C23H24F2N2O2/c1-3-14-4-6-18(19-12-23(24,25)9-8-17(14)19)22(29)26-16-10-13(2)21-15(11-16)5-7-20(28)27-21/h4,6,10-11H,3,5,7-9,12H2,1-2H3,(H,26,29)(H,27,28). The van der Waals surface area contributed by atoms with E-state index in [1.54, 1.807) is 12.1 Å². The fourth-order valence-corrected chi connectivity index (χ4v) is 4.41. The lowest BCUT2D eigenvalue weighted by atomic mass is 9.82. The molecule has 0 unspecified atom stereocenters. The Morgan fingerprint density at radius 1 is 1.17 bits per heavy atom. The minimum atomic E-state index is -2.78. The number of rotatable bonds is 3. The van der Waals surface area contributed by atoms with Gasteiger partial charge in [0.2, 0.25) is 5.91 Å². The minimum Gasteiger partial charge on any atom is -0.326 e. The van der Waals surface area contributed by atoms with Gasteiger partial charge in [-0.3, -0.25) is 9.59 Å². The van der Waals surface area contributed by atoms with Gasteiger partial charge in [-0.1, -0.05) is 13.0 Å². The molecule has 4 rings (SSSR count). The zero-order valence-corrected chi connectivity index (χ0v) is 16.6. The van der Waals surface area contributed by atoms with Crippen molar-refractivity contribution in [2.24, 2.45) is 0 Å². The number of alkyl halides is 2. The van der Waals surface area contributed by atoms with Crippen LogP contribution in [0.5, 0.6) is 0 Å². The Bertz CT molecular complexity index is 1010. The molecule has 0 fully saturated rings. The van der Waals surface area contributed by atoms with E-state index < -0.39 is 12.3 Å². The zero-order chi connectivity index (χ0) is 20.8. The van der Waals surface area contributed by atoms with Gasteiger partial charge in [-0.25, -0.2) is 8.78 Å². The molecule has 6 heteroatoms. The average molecular weight is 398 g/mol. The second-order valence-corrected chi connectivity index (χ2v) is 7.95. The van der Waals surface area contributed by atoms with Crippen molar-refractivity contribution in [3.63, 3.8) is 0 Å². The second-order valence-electron chi connectivity index (χ2n) is 7.95. The van der Waals surface area contributed by atoms with Crippen LogP contribution in [0, 0.1) is 6.92 Å². The summed E-state index contributed by atoms with van der Waals surface area (Å²) in [6.07, 6.45) is 1.50. The summed E-state index contributed by atoms with van der Waals surface area (Å²) in [5.41, 5.74) is 5.96. The first-order chi connectivity index (χ1) is 13.8. The number of anilines is 2. The molecular weight excluding hydrogens is 374 g/mol. The highest BCUT2D eigenvalue weighted by atomic mass is 19.3. The summed E-state index contributed by atoms with van der Waals surface area (Å²) in [7, 11) is 0. The van der Waals surface area contributed by atoms with Crippen LogP contribution >= 0.6 is 0 Å². The predicted molar refractivity (Wildman–Crippen MR) is 109 cm³/mol. The lowest BCUT2D eigenvalue weighted by Crippen LogP contribution is -2.29. The largest absolute Gasteiger partial charge is 0.326 e. The first kappa shape index (κ1) is 19.6. The number of hydrogen-bond donors (Lipinski definition) is 2. The van der Waals surface area contributed by atoms with Crippen LogP contribution in [0.4, 0.5) is 20.2 Å². The van der Waals surface area contributed by atoms with Crippen LogP contribution < -0.4 is 10.6 Å². The summed E-state index contributed by atoms with van der Waals surface area (Å²) >= 11 is 0. The molecule has 2 amide bonds. The molecule has 2 aromatic rings. The highest BCUT2D eigenvalue weighted by molar-refractivity contribution is 6.06. The molecule has 0 saturated heterocycles. The third kappa shape index (κ3) is 3.76. The highest BCUT2D eigenvalue weighted by Crippen LogP contribution is 2.37. The third-order valence-corrected chi connectivity index (χ3v) is 5.89. The van der Waals surface area contributed by atoms with Crippen molar-refractivity contribution in [2.75, 3.05) is 10.6 Å².